The smallest absolute Gasteiger partial charge is 0.227 e. The Morgan fingerprint density at radius 1 is 1.03 bits per heavy atom. The van der Waals surface area contributed by atoms with Gasteiger partial charge in [0.15, 0.2) is 0 Å². The van der Waals surface area contributed by atoms with Gasteiger partial charge >= 0.3 is 0 Å². The molecular formula is C29H39N5O2. The van der Waals surface area contributed by atoms with Crippen LogP contribution in [0.25, 0.3) is 11.3 Å². The summed E-state index contributed by atoms with van der Waals surface area (Å²) in [5.41, 5.74) is 3.84. The minimum atomic E-state index is 0.450. The van der Waals surface area contributed by atoms with E-state index in [1.807, 2.05) is 37.3 Å². The molecule has 0 spiro atoms. The van der Waals surface area contributed by atoms with E-state index in [1.54, 1.807) is 6.20 Å². The fourth-order valence-electron chi connectivity index (χ4n) is 5.52. The summed E-state index contributed by atoms with van der Waals surface area (Å²) >= 11 is 0. The van der Waals surface area contributed by atoms with Crippen molar-refractivity contribution in [3.8, 4) is 17.0 Å². The topological polar surface area (TPSA) is 76.3 Å². The van der Waals surface area contributed by atoms with Crippen LogP contribution in [0.5, 0.6) is 5.75 Å². The molecule has 0 atom stereocenters. The van der Waals surface area contributed by atoms with E-state index in [0.717, 1.165) is 47.2 Å². The molecule has 5 rings (SSSR count). The predicted molar refractivity (Wildman–Crippen MR) is 143 cm³/mol. The van der Waals surface area contributed by atoms with Crippen LogP contribution in [0.1, 0.15) is 81.6 Å². The average Bonchev–Trinajstić information content (AvgIpc) is 3.31. The number of nitrogens with zero attached hydrogens (tertiary/aromatic N) is 4. The maximum atomic E-state index is 6.04. The van der Waals surface area contributed by atoms with E-state index in [4.69, 9.17) is 14.2 Å². The summed E-state index contributed by atoms with van der Waals surface area (Å²) in [6, 6.07) is 9.97. The Bertz CT molecular complexity index is 1100. The number of anilines is 2. The van der Waals surface area contributed by atoms with Crippen molar-refractivity contribution in [1.29, 1.82) is 0 Å². The summed E-state index contributed by atoms with van der Waals surface area (Å²) in [5, 5.41) is 7.78. The molecule has 1 saturated carbocycles. The van der Waals surface area contributed by atoms with Crippen LogP contribution in [-0.4, -0.2) is 46.3 Å². The fourth-order valence-corrected chi connectivity index (χ4v) is 5.52. The molecule has 0 bridgehead atoms. The number of nitrogens with one attached hydrogen (secondary N) is 1. The highest BCUT2D eigenvalue weighted by Gasteiger charge is 2.25. The first-order valence-corrected chi connectivity index (χ1v) is 13.8. The molecule has 0 amide bonds. The van der Waals surface area contributed by atoms with Crippen molar-refractivity contribution < 1.29 is 9.26 Å². The lowest BCUT2D eigenvalue weighted by Gasteiger charge is -2.26. The van der Waals surface area contributed by atoms with Gasteiger partial charge in [0.25, 0.3) is 0 Å². The van der Waals surface area contributed by atoms with Crippen molar-refractivity contribution in [3.05, 3.63) is 48.0 Å². The Labute approximate surface area is 214 Å². The van der Waals surface area contributed by atoms with Crippen molar-refractivity contribution in [2.45, 2.75) is 77.0 Å². The summed E-state index contributed by atoms with van der Waals surface area (Å²) in [6.45, 7) is 6.41. The van der Waals surface area contributed by atoms with Gasteiger partial charge in [0.1, 0.15) is 11.5 Å². The molecule has 3 aromatic rings. The monoisotopic (exact) mass is 489 g/mol. The summed E-state index contributed by atoms with van der Waals surface area (Å²) in [4.78, 5) is 11.9. The van der Waals surface area contributed by atoms with Gasteiger partial charge in [0.05, 0.1) is 23.6 Å². The molecule has 1 N–H and O–H groups in total. The molecule has 7 heteroatoms. The molecule has 3 heterocycles. The number of hydrogen-bond donors (Lipinski definition) is 1. The normalized spacial score (nSPS) is 17.2. The van der Waals surface area contributed by atoms with Crippen LogP contribution in [0.3, 0.4) is 0 Å². The van der Waals surface area contributed by atoms with Crippen LogP contribution in [0.2, 0.25) is 0 Å². The Hall–Kier alpha value is -2.93. The zero-order chi connectivity index (χ0) is 24.6. The number of aromatic nitrogens is 3. The van der Waals surface area contributed by atoms with Crippen LogP contribution >= 0.6 is 0 Å². The molecule has 2 fully saturated rings. The molecular weight excluding hydrogens is 450 g/mol. The largest absolute Gasteiger partial charge is 0.494 e. The second-order valence-electron chi connectivity index (χ2n) is 10.2. The van der Waals surface area contributed by atoms with Gasteiger partial charge in [0.2, 0.25) is 5.95 Å². The average molecular weight is 490 g/mol. The van der Waals surface area contributed by atoms with E-state index >= 15 is 0 Å². The standard InChI is InChI=1S/C29H39N5O2/c1-22-27(28(33-36-22)23-11-4-2-5-12-23)26-15-16-30-29(32-26)31-24-13-10-14-25(21-24)35-20-9-8-19-34-17-6-3-7-18-34/h10,13-16,21,23H,2-9,11-12,17-20H2,1H3,(H,30,31,32). The highest BCUT2D eigenvalue weighted by atomic mass is 16.5. The summed E-state index contributed by atoms with van der Waals surface area (Å²) in [6.07, 6.45) is 14.3. The molecule has 1 saturated heterocycles. The minimum absolute atomic E-state index is 0.450. The first kappa shape index (κ1) is 24.8. The molecule has 0 unspecified atom stereocenters. The number of benzene rings is 1. The summed E-state index contributed by atoms with van der Waals surface area (Å²) in [5.74, 6) is 2.69. The van der Waals surface area contributed by atoms with Gasteiger partial charge in [-0.1, -0.05) is 36.9 Å². The van der Waals surface area contributed by atoms with Crippen molar-refractivity contribution in [2.75, 3.05) is 31.6 Å². The van der Waals surface area contributed by atoms with E-state index in [1.165, 1.54) is 77.4 Å². The molecule has 1 aromatic carbocycles. The van der Waals surface area contributed by atoms with Crippen molar-refractivity contribution in [2.24, 2.45) is 0 Å². The highest BCUT2D eigenvalue weighted by molar-refractivity contribution is 5.66. The Kier molecular flexibility index (Phi) is 8.49. The Morgan fingerprint density at radius 2 is 1.86 bits per heavy atom. The number of hydrogen-bond acceptors (Lipinski definition) is 7. The van der Waals surface area contributed by atoms with Crippen LogP contribution in [-0.2, 0) is 0 Å². The molecule has 0 radical (unpaired) electrons. The number of rotatable bonds is 10. The second kappa shape index (κ2) is 12.3. The lowest BCUT2D eigenvalue weighted by atomic mass is 9.85. The van der Waals surface area contributed by atoms with Crippen LogP contribution in [0.15, 0.2) is 41.1 Å². The van der Waals surface area contributed by atoms with Gasteiger partial charge in [-0.05, 0) is 83.3 Å². The third kappa shape index (κ3) is 6.44. The number of aryl methyl sites for hydroxylation is 1. The summed E-state index contributed by atoms with van der Waals surface area (Å²) < 4.78 is 11.7. The lowest BCUT2D eigenvalue weighted by Crippen LogP contribution is -2.30. The minimum Gasteiger partial charge on any atom is -0.494 e. The van der Waals surface area contributed by atoms with Crippen LogP contribution in [0, 0.1) is 6.92 Å². The Morgan fingerprint density at radius 3 is 2.72 bits per heavy atom. The van der Waals surface area contributed by atoms with Gasteiger partial charge in [-0.3, -0.25) is 0 Å². The number of likely N-dealkylation sites (tertiary alicyclic amines) is 1. The van der Waals surface area contributed by atoms with E-state index in [0.29, 0.717) is 11.9 Å². The zero-order valence-corrected chi connectivity index (χ0v) is 21.5. The third-order valence-electron chi connectivity index (χ3n) is 7.47. The third-order valence-corrected chi connectivity index (χ3v) is 7.47. The fraction of sp³-hybridized carbons (Fsp3) is 0.552. The first-order chi connectivity index (χ1) is 17.8. The Balaban J connectivity index is 1.18. The molecule has 2 aromatic heterocycles. The van der Waals surface area contributed by atoms with Crippen molar-refractivity contribution in [3.63, 3.8) is 0 Å². The zero-order valence-electron chi connectivity index (χ0n) is 21.5. The highest BCUT2D eigenvalue weighted by Crippen LogP contribution is 2.38. The van der Waals surface area contributed by atoms with Crippen molar-refractivity contribution in [1.82, 2.24) is 20.0 Å². The van der Waals surface area contributed by atoms with E-state index in [9.17, 15) is 0 Å². The maximum Gasteiger partial charge on any atom is 0.227 e. The first-order valence-electron chi connectivity index (χ1n) is 13.8. The quantitative estimate of drug-likeness (QED) is 0.311. The van der Waals surface area contributed by atoms with Gasteiger partial charge in [-0.2, -0.15) is 0 Å². The molecule has 7 nitrogen and oxygen atoms in total. The van der Waals surface area contributed by atoms with Crippen LogP contribution < -0.4 is 10.1 Å². The number of ether oxygens (including phenoxy) is 1. The van der Waals surface area contributed by atoms with Crippen LogP contribution in [0.4, 0.5) is 11.6 Å². The van der Waals surface area contributed by atoms with E-state index < -0.39 is 0 Å². The molecule has 36 heavy (non-hydrogen) atoms. The lowest BCUT2D eigenvalue weighted by molar-refractivity contribution is 0.216. The van der Waals surface area contributed by atoms with Gasteiger partial charge in [-0.15, -0.1) is 0 Å². The predicted octanol–water partition coefficient (Wildman–Crippen LogP) is 6.88. The van der Waals surface area contributed by atoms with Gasteiger partial charge < -0.3 is 19.5 Å². The van der Waals surface area contributed by atoms with E-state index in [-0.39, 0.29) is 0 Å². The molecule has 2 aliphatic rings. The number of piperidine rings is 1. The second-order valence-corrected chi connectivity index (χ2v) is 10.2. The van der Waals surface area contributed by atoms with Gasteiger partial charge in [0, 0.05) is 23.9 Å². The molecule has 1 aliphatic carbocycles. The molecule has 192 valence electrons. The van der Waals surface area contributed by atoms with E-state index in [2.05, 4.69) is 20.4 Å². The molecule has 1 aliphatic heterocycles. The maximum absolute atomic E-state index is 6.04. The SMILES string of the molecule is Cc1onc(C2CCCCC2)c1-c1ccnc(Nc2cccc(OCCCCN3CCCCC3)c2)n1. The van der Waals surface area contributed by atoms with Crippen molar-refractivity contribution >= 4 is 11.6 Å². The van der Waals surface area contributed by atoms with Gasteiger partial charge in [-0.25, -0.2) is 9.97 Å². The number of unbranched alkanes of at least 4 members (excludes halogenated alkanes) is 1. The summed E-state index contributed by atoms with van der Waals surface area (Å²) in [7, 11) is 0.